The minimum Gasteiger partial charge on any atom is -0.481 e. The molecule has 0 amide bonds. The van der Waals surface area contributed by atoms with E-state index in [1.807, 2.05) is 18.5 Å². The molecule has 0 aliphatic rings. The van der Waals surface area contributed by atoms with Crippen molar-refractivity contribution in [2.75, 3.05) is 0 Å². The van der Waals surface area contributed by atoms with Crippen molar-refractivity contribution in [2.45, 2.75) is 51.6 Å². The molecule has 2 atom stereocenters. The lowest BCUT2D eigenvalue weighted by Crippen LogP contribution is -2.11. The lowest BCUT2D eigenvalue weighted by molar-refractivity contribution is -0.138. The van der Waals surface area contributed by atoms with Gasteiger partial charge in [0.2, 0.25) is 5.95 Å². The van der Waals surface area contributed by atoms with E-state index in [4.69, 9.17) is 16.7 Å². The molecule has 2 N–H and O–H groups in total. The maximum atomic E-state index is 12.9. The number of unbranched alkanes of at least 4 members (excludes halogenated alkanes) is 2. The molecule has 0 spiro atoms. The first kappa shape index (κ1) is 24.7. The molecule has 174 valence electrons. The lowest BCUT2D eigenvalue weighted by atomic mass is 9.93. The number of hydrogen-bond acceptors (Lipinski definition) is 4. The van der Waals surface area contributed by atoms with E-state index in [0.29, 0.717) is 29.8 Å². The third-order valence-corrected chi connectivity index (χ3v) is 5.77. The number of rotatable bonds is 9. The van der Waals surface area contributed by atoms with Crippen LogP contribution >= 0.6 is 11.6 Å². The molecule has 0 saturated carbocycles. The minimum atomic E-state index is -0.880. The fourth-order valence-electron chi connectivity index (χ4n) is 4.04. The van der Waals surface area contributed by atoms with Gasteiger partial charge in [-0.15, -0.1) is 0 Å². The zero-order chi connectivity index (χ0) is 24.0. The molecule has 3 heterocycles. The average Bonchev–Trinajstić information content (AvgIpc) is 3.02. The summed E-state index contributed by atoms with van der Waals surface area (Å²) in [5.74, 6) is 4.48. The van der Waals surface area contributed by atoms with E-state index in [2.05, 4.69) is 21.8 Å². The Morgan fingerprint density at radius 1 is 1.27 bits per heavy atom. The number of aliphatic hydroxyl groups is 1. The molecule has 8 heteroatoms. The number of fused-ring (bicyclic) bond motifs is 1. The summed E-state index contributed by atoms with van der Waals surface area (Å²) in [6.45, 7) is 1.82. The molecule has 0 aromatic carbocycles. The van der Waals surface area contributed by atoms with Gasteiger partial charge in [-0.3, -0.25) is 4.79 Å². The summed E-state index contributed by atoms with van der Waals surface area (Å²) < 4.78 is 14.8. The van der Waals surface area contributed by atoms with Gasteiger partial charge in [0, 0.05) is 54.5 Å². The average molecular weight is 472 g/mol. The largest absolute Gasteiger partial charge is 0.481 e. The molecular weight excluding hydrogens is 445 g/mol. The van der Waals surface area contributed by atoms with Crippen molar-refractivity contribution in [1.29, 1.82) is 0 Å². The maximum Gasteiger partial charge on any atom is 0.303 e. The Morgan fingerprint density at radius 3 is 2.76 bits per heavy atom. The number of carboxylic acids is 1. The number of nitrogens with zero attached hydrogens (tertiary/aromatic N) is 3. The van der Waals surface area contributed by atoms with Gasteiger partial charge >= 0.3 is 5.97 Å². The molecule has 0 saturated heterocycles. The van der Waals surface area contributed by atoms with Crippen molar-refractivity contribution >= 4 is 28.6 Å². The number of aliphatic hydroxyl groups excluding tert-OH is 1. The number of aryl methyl sites for hydroxylation is 1. The second-order valence-corrected chi connectivity index (χ2v) is 8.71. The van der Waals surface area contributed by atoms with Gasteiger partial charge in [0.1, 0.15) is 5.65 Å². The van der Waals surface area contributed by atoms with Crippen molar-refractivity contribution in [2.24, 2.45) is 13.0 Å². The van der Waals surface area contributed by atoms with Crippen LogP contribution in [0.5, 0.6) is 0 Å². The summed E-state index contributed by atoms with van der Waals surface area (Å²) in [6.07, 6.45) is 5.60. The topological polar surface area (TPSA) is 88.2 Å². The molecule has 3 rings (SSSR count). The quantitative estimate of drug-likeness (QED) is 0.259. The summed E-state index contributed by atoms with van der Waals surface area (Å²) >= 11 is 6.18. The van der Waals surface area contributed by atoms with Crippen LogP contribution < -0.4 is 0 Å². The number of aliphatic carboxylic acids is 1. The number of carbonyl (C=O) groups is 1. The first-order valence-corrected chi connectivity index (χ1v) is 11.3. The van der Waals surface area contributed by atoms with Crippen LogP contribution in [0.3, 0.4) is 0 Å². The van der Waals surface area contributed by atoms with Crippen molar-refractivity contribution in [3.8, 4) is 11.8 Å². The lowest BCUT2D eigenvalue weighted by Gasteiger charge is -2.17. The van der Waals surface area contributed by atoms with Crippen LogP contribution in [0.4, 0.5) is 4.39 Å². The third kappa shape index (κ3) is 6.53. The smallest absolute Gasteiger partial charge is 0.303 e. The van der Waals surface area contributed by atoms with Crippen LogP contribution in [0.2, 0.25) is 5.02 Å². The summed E-state index contributed by atoms with van der Waals surface area (Å²) in [4.78, 5) is 19.1. The third-order valence-electron chi connectivity index (χ3n) is 5.56. The number of hydrogen-bond donors (Lipinski definition) is 2. The standard InChI is InChI=1S/C25H27ClFN3O3/c1-16(12-23(32)33)11-21(31)24-19-13-18(26)15-29-25(19)30(2)20(24)8-6-4-3-5-7-17-9-10-22(27)28-14-17/h9-10,13-16,21,31H,3-4,6,8,11-12H2,1-2H3,(H,32,33). The van der Waals surface area contributed by atoms with E-state index < -0.39 is 18.0 Å². The summed E-state index contributed by atoms with van der Waals surface area (Å²) in [6, 6.07) is 4.69. The molecule has 6 nitrogen and oxygen atoms in total. The van der Waals surface area contributed by atoms with Crippen molar-refractivity contribution in [1.82, 2.24) is 14.5 Å². The fraction of sp³-hybridized carbons (Fsp3) is 0.400. The highest BCUT2D eigenvalue weighted by Crippen LogP contribution is 2.35. The van der Waals surface area contributed by atoms with Gasteiger partial charge in [0.25, 0.3) is 0 Å². The summed E-state index contributed by atoms with van der Waals surface area (Å²) in [7, 11) is 1.91. The Bertz CT molecular complexity index is 1180. The molecular formula is C25H27ClFN3O3. The summed E-state index contributed by atoms with van der Waals surface area (Å²) in [5, 5.41) is 21.4. The van der Waals surface area contributed by atoms with E-state index >= 15 is 0 Å². The SMILES string of the molecule is CC(CC(=O)O)CC(O)c1c(CCCCC#Cc2ccc(F)nc2)n(C)c2ncc(Cl)cc12. The molecule has 0 fully saturated rings. The monoisotopic (exact) mass is 471 g/mol. The van der Waals surface area contributed by atoms with Gasteiger partial charge in [-0.1, -0.05) is 30.4 Å². The van der Waals surface area contributed by atoms with Crippen LogP contribution in [0.25, 0.3) is 11.0 Å². The van der Waals surface area contributed by atoms with Gasteiger partial charge in [-0.05, 0) is 49.8 Å². The van der Waals surface area contributed by atoms with E-state index in [9.17, 15) is 14.3 Å². The number of aromatic nitrogens is 3. The van der Waals surface area contributed by atoms with Crippen molar-refractivity contribution < 1.29 is 19.4 Å². The Labute approximate surface area is 197 Å². The second kappa shape index (κ2) is 11.3. The van der Waals surface area contributed by atoms with Crippen LogP contribution in [0.1, 0.15) is 62.0 Å². The Hall–Kier alpha value is -2.95. The molecule has 2 unspecified atom stereocenters. The molecule has 0 aliphatic heterocycles. The highest BCUT2D eigenvalue weighted by atomic mass is 35.5. The Morgan fingerprint density at radius 2 is 2.06 bits per heavy atom. The van der Waals surface area contributed by atoms with Gasteiger partial charge in [0.05, 0.1) is 11.1 Å². The van der Waals surface area contributed by atoms with Gasteiger partial charge < -0.3 is 14.8 Å². The normalized spacial score (nSPS) is 12.9. The first-order chi connectivity index (χ1) is 15.8. The van der Waals surface area contributed by atoms with Gasteiger partial charge in [0.15, 0.2) is 0 Å². The van der Waals surface area contributed by atoms with Gasteiger partial charge in [-0.2, -0.15) is 4.39 Å². The van der Waals surface area contributed by atoms with Crippen LogP contribution in [0.15, 0.2) is 30.6 Å². The molecule has 3 aromatic rings. The zero-order valence-corrected chi connectivity index (χ0v) is 19.4. The Kier molecular flexibility index (Phi) is 8.43. The number of carboxylic acid groups (broad SMARTS) is 1. The van der Waals surface area contributed by atoms with Crippen LogP contribution in [0, 0.1) is 23.7 Å². The molecule has 0 bridgehead atoms. The summed E-state index contributed by atoms with van der Waals surface area (Å²) in [5.41, 5.74) is 3.14. The first-order valence-electron chi connectivity index (χ1n) is 10.9. The predicted octanol–water partition coefficient (Wildman–Crippen LogP) is 5.06. The van der Waals surface area contributed by atoms with Crippen molar-refractivity contribution in [3.05, 3.63) is 58.4 Å². The van der Waals surface area contributed by atoms with Crippen LogP contribution in [-0.4, -0.2) is 30.7 Å². The highest BCUT2D eigenvalue weighted by molar-refractivity contribution is 6.31. The molecule has 0 aliphatic carbocycles. The number of halogens is 2. The highest BCUT2D eigenvalue weighted by Gasteiger charge is 2.24. The van der Waals surface area contributed by atoms with Crippen LogP contribution in [-0.2, 0) is 18.3 Å². The second-order valence-electron chi connectivity index (χ2n) is 8.28. The molecule has 3 aromatic heterocycles. The molecule has 0 radical (unpaired) electrons. The van der Waals surface area contributed by atoms with E-state index in [1.54, 1.807) is 18.3 Å². The van der Waals surface area contributed by atoms with E-state index in [0.717, 1.165) is 35.1 Å². The number of pyridine rings is 2. The van der Waals surface area contributed by atoms with Crippen molar-refractivity contribution in [3.63, 3.8) is 0 Å². The fourth-order valence-corrected chi connectivity index (χ4v) is 4.19. The predicted molar refractivity (Wildman–Crippen MR) is 125 cm³/mol. The maximum absolute atomic E-state index is 12.9. The van der Waals surface area contributed by atoms with E-state index in [-0.39, 0.29) is 12.3 Å². The Balaban J connectivity index is 1.73. The molecule has 33 heavy (non-hydrogen) atoms. The minimum absolute atomic E-state index is 0.00158. The zero-order valence-electron chi connectivity index (χ0n) is 18.7. The van der Waals surface area contributed by atoms with E-state index in [1.165, 1.54) is 12.3 Å². The van der Waals surface area contributed by atoms with Gasteiger partial charge in [-0.25, -0.2) is 9.97 Å².